The number of hydrogen-bond donors (Lipinski definition) is 2. The quantitative estimate of drug-likeness (QED) is 0.208. The molecule has 48 heavy (non-hydrogen) atoms. The summed E-state index contributed by atoms with van der Waals surface area (Å²) in [6.45, 7) is 10.5. The fourth-order valence-corrected chi connectivity index (χ4v) is 5.48. The summed E-state index contributed by atoms with van der Waals surface area (Å²) in [4.78, 5) is 43.1. The molecule has 1 aliphatic heterocycles. The Balaban J connectivity index is 0.000000231. The van der Waals surface area contributed by atoms with Crippen molar-refractivity contribution in [3.8, 4) is 0 Å². The van der Waals surface area contributed by atoms with Gasteiger partial charge in [0, 0.05) is 19.3 Å². The van der Waals surface area contributed by atoms with Gasteiger partial charge in [0.1, 0.15) is 12.1 Å². The van der Waals surface area contributed by atoms with E-state index in [-0.39, 0.29) is 24.2 Å². The van der Waals surface area contributed by atoms with Gasteiger partial charge in [0.2, 0.25) is 11.8 Å². The highest BCUT2D eigenvalue weighted by Crippen LogP contribution is 2.30. The number of nitrogens with one attached hydrogen (secondary N) is 1. The number of carbonyl (C=O) groups is 3. The number of Topliss-reactive ketones (excluding diaryl/α,β-unsaturated/α-hetero) is 1. The van der Waals surface area contributed by atoms with Crippen molar-refractivity contribution in [2.24, 2.45) is 5.73 Å². The van der Waals surface area contributed by atoms with Crippen LogP contribution in [0.5, 0.6) is 0 Å². The molecule has 0 radical (unpaired) electrons. The van der Waals surface area contributed by atoms with Crippen LogP contribution in [-0.2, 0) is 25.7 Å². The summed E-state index contributed by atoms with van der Waals surface area (Å²) in [5, 5.41) is 2.60. The first-order valence-corrected chi connectivity index (χ1v) is 16.3. The number of aromatic nitrogens is 2. The van der Waals surface area contributed by atoms with Gasteiger partial charge in [-0.1, -0.05) is 97.6 Å². The maximum absolute atomic E-state index is 13.5. The van der Waals surface area contributed by atoms with E-state index in [4.69, 9.17) is 10.5 Å². The van der Waals surface area contributed by atoms with Gasteiger partial charge in [-0.2, -0.15) is 0 Å². The maximum Gasteiger partial charge on any atom is 0.250 e. The highest BCUT2D eigenvalue weighted by atomic mass is 16.5. The van der Waals surface area contributed by atoms with Crippen LogP contribution >= 0.6 is 0 Å². The first kappa shape index (κ1) is 36.0. The summed E-state index contributed by atoms with van der Waals surface area (Å²) < 4.78 is 7.38. The predicted octanol–water partition coefficient (Wildman–Crippen LogP) is 5.54. The number of carbonyl (C=O) groups excluding carboxylic acids is 3. The van der Waals surface area contributed by atoms with Gasteiger partial charge in [0.15, 0.2) is 5.78 Å². The zero-order valence-corrected chi connectivity index (χ0v) is 28.1. The van der Waals surface area contributed by atoms with Crippen molar-refractivity contribution in [3.05, 3.63) is 132 Å². The number of hydrogen-bond acceptors (Lipinski definition) is 6. The van der Waals surface area contributed by atoms with Crippen molar-refractivity contribution in [2.45, 2.75) is 63.8 Å². The second-order valence-corrected chi connectivity index (χ2v) is 12.6. The fraction of sp³-hybridized carbons (Fsp3) is 0.333. The molecule has 2 atom stereocenters. The molecular formula is C39H47N5O4. The first-order valence-electron chi connectivity index (χ1n) is 16.3. The van der Waals surface area contributed by atoms with Gasteiger partial charge in [-0.15, -0.1) is 0 Å². The number of benzene rings is 3. The molecule has 0 saturated carbocycles. The summed E-state index contributed by atoms with van der Waals surface area (Å²) in [7, 11) is 0. The summed E-state index contributed by atoms with van der Waals surface area (Å²) in [6, 6.07) is 29.1. The molecule has 0 aliphatic carbocycles. The van der Waals surface area contributed by atoms with E-state index in [0.717, 1.165) is 42.8 Å². The number of ether oxygens (including phenoxy) is 1. The van der Waals surface area contributed by atoms with E-state index in [0.29, 0.717) is 12.5 Å². The van der Waals surface area contributed by atoms with Crippen molar-refractivity contribution >= 4 is 23.7 Å². The van der Waals surface area contributed by atoms with Gasteiger partial charge in [-0.05, 0) is 62.3 Å². The number of ketones is 1. The number of imidazole rings is 1. The lowest BCUT2D eigenvalue weighted by Crippen LogP contribution is -2.54. The Morgan fingerprint density at radius 1 is 0.979 bits per heavy atom. The minimum atomic E-state index is -1.02. The van der Waals surface area contributed by atoms with Crippen LogP contribution in [0.1, 0.15) is 68.0 Å². The molecule has 3 N–H and O–H groups in total. The average molecular weight is 650 g/mol. The van der Waals surface area contributed by atoms with E-state index < -0.39 is 17.6 Å². The molecule has 1 aliphatic rings. The Bertz CT molecular complexity index is 1610. The van der Waals surface area contributed by atoms with E-state index in [1.54, 1.807) is 26.3 Å². The lowest BCUT2D eigenvalue weighted by atomic mass is 9.89. The van der Waals surface area contributed by atoms with Gasteiger partial charge in [-0.25, -0.2) is 4.98 Å². The highest BCUT2D eigenvalue weighted by Gasteiger charge is 2.31. The van der Waals surface area contributed by atoms with Crippen LogP contribution in [0.15, 0.2) is 110 Å². The van der Waals surface area contributed by atoms with E-state index >= 15 is 0 Å². The van der Waals surface area contributed by atoms with Crippen LogP contribution in [0.25, 0.3) is 6.08 Å². The van der Waals surface area contributed by atoms with E-state index in [2.05, 4.69) is 47.2 Å². The Morgan fingerprint density at radius 3 is 2.10 bits per heavy atom. The number of rotatable bonds is 12. The molecule has 0 bridgehead atoms. The largest absolute Gasteiger partial charge is 0.374 e. The molecule has 9 nitrogen and oxygen atoms in total. The van der Waals surface area contributed by atoms with Crippen LogP contribution in [0, 0.1) is 0 Å². The highest BCUT2D eigenvalue weighted by molar-refractivity contribution is 5.91. The minimum Gasteiger partial charge on any atom is -0.374 e. The van der Waals surface area contributed by atoms with Crippen molar-refractivity contribution in [1.29, 1.82) is 0 Å². The summed E-state index contributed by atoms with van der Waals surface area (Å²) in [5.41, 5.74) is 8.80. The number of amides is 2. The van der Waals surface area contributed by atoms with Crippen LogP contribution in [0.3, 0.4) is 0 Å². The zero-order valence-electron chi connectivity index (χ0n) is 28.1. The van der Waals surface area contributed by atoms with Gasteiger partial charge >= 0.3 is 0 Å². The summed E-state index contributed by atoms with van der Waals surface area (Å²) in [5.74, 6) is 0.128. The van der Waals surface area contributed by atoms with E-state index in [1.165, 1.54) is 12.5 Å². The van der Waals surface area contributed by atoms with Gasteiger partial charge in [-0.3, -0.25) is 14.4 Å². The molecule has 1 fully saturated rings. The molecule has 3 aromatic carbocycles. The molecule has 1 unspecified atom stereocenters. The van der Waals surface area contributed by atoms with Crippen LogP contribution in [0.4, 0.5) is 0 Å². The maximum atomic E-state index is 13.5. The number of likely N-dealkylation sites (tertiary alicyclic amines) is 1. The Morgan fingerprint density at radius 2 is 1.56 bits per heavy atom. The van der Waals surface area contributed by atoms with Gasteiger partial charge < -0.3 is 25.3 Å². The van der Waals surface area contributed by atoms with Crippen LogP contribution in [-0.4, -0.2) is 63.3 Å². The minimum absolute atomic E-state index is 0.130. The van der Waals surface area contributed by atoms with Crippen molar-refractivity contribution in [2.75, 3.05) is 19.7 Å². The van der Waals surface area contributed by atoms with Gasteiger partial charge in [0.05, 0.1) is 30.8 Å². The van der Waals surface area contributed by atoms with Gasteiger partial charge in [0.25, 0.3) is 0 Å². The molecule has 4 aromatic rings. The van der Waals surface area contributed by atoms with E-state index in [1.807, 2.05) is 76.3 Å². The topological polar surface area (TPSA) is 120 Å². The molecule has 1 aromatic heterocycles. The molecular weight excluding hydrogens is 602 g/mol. The standard InChI is InChI=1S/C24H25N3O.C15H22N2O3/c1-2-22-17-27(18-25-22)23(21-11-7-4-8-12-21)24(28)26-15-13-20(14-16-26)19-9-5-3-6-10-19;1-11(18)13(17-14(19)15(2,3)16)10-20-9-12-7-5-4-6-8-12/h2-12,17-18,20,23H,1,13-16H2;4-8,13H,9-10,16H2,1-3H3,(H,17,19)/t;13-/m.1/s1. The third-order valence-corrected chi connectivity index (χ3v) is 8.33. The van der Waals surface area contributed by atoms with Crippen molar-refractivity contribution in [3.63, 3.8) is 0 Å². The number of nitrogens with zero attached hydrogens (tertiary/aromatic N) is 3. The zero-order chi connectivity index (χ0) is 34.5. The number of piperidine rings is 1. The molecule has 252 valence electrons. The fourth-order valence-electron chi connectivity index (χ4n) is 5.48. The normalized spacial score (nSPS) is 14.6. The molecule has 0 spiro atoms. The summed E-state index contributed by atoms with van der Waals surface area (Å²) >= 11 is 0. The van der Waals surface area contributed by atoms with Crippen LogP contribution in [0.2, 0.25) is 0 Å². The monoisotopic (exact) mass is 649 g/mol. The van der Waals surface area contributed by atoms with Crippen LogP contribution < -0.4 is 11.1 Å². The third kappa shape index (κ3) is 10.3. The first-order chi connectivity index (χ1) is 23.1. The lowest BCUT2D eigenvalue weighted by Gasteiger charge is -2.35. The third-order valence-electron chi connectivity index (χ3n) is 8.33. The molecule has 1 saturated heterocycles. The molecule has 9 heteroatoms. The number of nitrogens with two attached hydrogens (primary N) is 1. The molecule has 5 rings (SSSR count). The Hall–Kier alpha value is -4.86. The SMILES string of the molecule is C=Cc1cn(C(C(=O)N2CCC(c3ccccc3)CC2)c2ccccc2)cn1.CC(=O)[C@@H](COCc1ccccc1)NC(=O)C(C)(C)N. The van der Waals surface area contributed by atoms with Crippen molar-refractivity contribution in [1.82, 2.24) is 19.8 Å². The Kier molecular flexibility index (Phi) is 13.0. The summed E-state index contributed by atoms with van der Waals surface area (Å²) in [6.07, 6.45) is 7.31. The smallest absolute Gasteiger partial charge is 0.250 e. The Labute approximate surface area is 283 Å². The van der Waals surface area contributed by atoms with E-state index in [9.17, 15) is 14.4 Å². The average Bonchev–Trinajstić information content (AvgIpc) is 3.58. The van der Waals surface area contributed by atoms with Crippen molar-refractivity contribution < 1.29 is 19.1 Å². The lowest BCUT2D eigenvalue weighted by molar-refractivity contribution is -0.134. The molecule has 2 amide bonds. The second kappa shape index (κ2) is 17.3. The predicted molar refractivity (Wildman–Crippen MR) is 189 cm³/mol. The molecule has 2 heterocycles. The second-order valence-electron chi connectivity index (χ2n) is 12.6.